The Morgan fingerprint density at radius 2 is 1.78 bits per heavy atom. The van der Waals surface area contributed by atoms with E-state index in [2.05, 4.69) is 30.9 Å². The first-order chi connectivity index (χ1) is 13.1. The summed E-state index contributed by atoms with van der Waals surface area (Å²) in [6.45, 7) is 8.53. The van der Waals surface area contributed by atoms with Crippen molar-refractivity contribution in [2.24, 2.45) is 0 Å². The second kappa shape index (κ2) is 10.6. The Bertz CT molecular complexity index is 714. The third-order valence-electron chi connectivity index (χ3n) is 4.55. The predicted molar refractivity (Wildman–Crippen MR) is 106 cm³/mol. The van der Waals surface area contributed by atoms with Crippen LogP contribution in [0.25, 0.3) is 0 Å². The molecule has 0 bridgehead atoms. The number of esters is 1. The van der Waals surface area contributed by atoms with Gasteiger partial charge in [0.15, 0.2) is 11.5 Å². The zero-order valence-electron chi connectivity index (χ0n) is 16.4. The van der Waals surface area contributed by atoms with Gasteiger partial charge in [0.1, 0.15) is 6.61 Å². The molecule has 0 aromatic heterocycles. The van der Waals surface area contributed by atoms with E-state index in [1.165, 1.54) is 17.7 Å². The summed E-state index contributed by atoms with van der Waals surface area (Å²) in [6.07, 6.45) is 0.815. The summed E-state index contributed by atoms with van der Waals surface area (Å²) in [5, 5.41) is 9.78. The molecule has 2 aromatic rings. The molecule has 0 saturated heterocycles. The Kier molecular flexibility index (Phi) is 8.14. The number of rotatable bonds is 10. The fourth-order valence-electron chi connectivity index (χ4n) is 3.09. The van der Waals surface area contributed by atoms with Crippen LogP contribution in [-0.4, -0.2) is 48.3 Å². The van der Waals surface area contributed by atoms with Crippen molar-refractivity contribution >= 4 is 5.97 Å². The normalized spacial score (nSPS) is 12.0. The molecule has 0 spiro atoms. The van der Waals surface area contributed by atoms with Crippen molar-refractivity contribution < 1.29 is 19.4 Å². The minimum Gasteiger partial charge on any atom is -0.504 e. The maximum atomic E-state index is 12.5. The number of phenols is 1. The Labute approximate surface area is 161 Å². The van der Waals surface area contributed by atoms with Gasteiger partial charge in [-0.1, -0.05) is 44.2 Å². The summed E-state index contributed by atoms with van der Waals surface area (Å²) in [4.78, 5) is 14.8. The molecule has 27 heavy (non-hydrogen) atoms. The van der Waals surface area contributed by atoms with E-state index in [1.807, 2.05) is 25.1 Å². The van der Waals surface area contributed by atoms with Crippen molar-refractivity contribution in [1.82, 2.24) is 4.90 Å². The van der Waals surface area contributed by atoms with Gasteiger partial charge < -0.3 is 14.6 Å². The first-order valence-corrected chi connectivity index (χ1v) is 9.49. The highest BCUT2D eigenvalue weighted by molar-refractivity contribution is 5.90. The summed E-state index contributed by atoms with van der Waals surface area (Å²) >= 11 is 0. The van der Waals surface area contributed by atoms with Crippen molar-refractivity contribution in [1.29, 1.82) is 0 Å². The minimum absolute atomic E-state index is 0.0125. The van der Waals surface area contributed by atoms with Crippen LogP contribution in [0.2, 0.25) is 0 Å². The molecule has 5 heteroatoms. The van der Waals surface area contributed by atoms with Gasteiger partial charge in [-0.3, -0.25) is 4.90 Å². The van der Waals surface area contributed by atoms with Crippen LogP contribution < -0.4 is 4.74 Å². The van der Waals surface area contributed by atoms with Gasteiger partial charge in [0.05, 0.1) is 12.2 Å². The lowest BCUT2D eigenvalue weighted by Gasteiger charge is -2.29. The molecule has 0 aliphatic rings. The molecule has 0 heterocycles. The Morgan fingerprint density at radius 3 is 2.41 bits per heavy atom. The third kappa shape index (κ3) is 6.00. The summed E-state index contributed by atoms with van der Waals surface area (Å²) < 4.78 is 10.9. The maximum absolute atomic E-state index is 12.5. The van der Waals surface area contributed by atoms with Crippen LogP contribution in [0.5, 0.6) is 11.5 Å². The van der Waals surface area contributed by atoms with Gasteiger partial charge in [0.2, 0.25) is 0 Å². The number of phenolic OH excluding ortho intramolecular Hbond substituents is 1. The smallest absolute Gasteiger partial charge is 0.338 e. The van der Waals surface area contributed by atoms with Gasteiger partial charge in [-0.2, -0.15) is 0 Å². The molecule has 2 rings (SSSR count). The number of carbonyl (C=O) groups excluding carboxylic acids is 1. The van der Waals surface area contributed by atoms with Gasteiger partial charge in [-0.25, -0.2) is 4.79 Å². The molecule has 1 atom stereocenters. The van der Waals surface area contributed by atoms with Crippen LogP contribution in [0.3, 0.4) is 0 Å². The molecule has 2 aromatic carbocycles. The van der Waals surface area contributed by atoms with E-state index < -0.39 is 5.97 Å². The average molecular weight is 371 g/mol. The van der Waals surface area contributed by atoms with Crippen molar-refractivity contribution in [3.8, 4) is 11.5 Å². The largest absolute Gasteiger partial charge is 0.504 e. The molecule has 0 radical (unpaired) electrons. The van der Waals surface area contributed by atoms with Crippen molar-refractivity contribution in [3.05, 3.63) is 59.7 Å². The number of carbonyl (C=O) groups is 1. The molecule has 0 saturated carbocycles. The van der Waals surface area contributed by atoms with E-state index in [4.69, 9.17) is 9.47 Å². The SMILES string of the molecule is CCOc1cc(C(=O)OC[C@H](Cc2ccccc2)N(CC)CC)ccc1O. The number of likely N-dealkylation sites (N-methyl/N-ethyl adjacent to an activating group) is 1. The molecule has 146 valence electrons. The lowest BCUT2D eigenvalue weighted by Crippen LogP contribution is -2.40. The predicted octanol–water partition coefficient (Wildman–Crippen LogP) is 3.90. The van der Waals surface area contributed by atoms with Gasteiger partial charge in [-0.15, -0.1) is 0 Å². The molecule has 0 aliphatic carbocycles. The van der Waals surface area contributed by atoms with Crippen molar-refractivity contribution in [3.63, 3.8) is 0 Å². The zero-order chi connectivity index (χ0) is 19.6. The van der Waals surface area contributed by atoms with Crippen molar-refractivity contribution in [2.45, 2.75) is 33.2 Å². The van der Waals surface area contributed by atoms with E-state index in [0.717, 1.165) is 19.5 Å². The molecule has 0 unspecified atom stereocenters. The molecule has 0 amide bonds. The van der Waals surface area contributed by atoms with Crippen LogP contribution in [-0.2, 0) is 11.2 Å². The van der Waals surface area contributed by atoms with E-state index in [1.54, 1.807) is 6.07 Å². The quantitative estimate of drug-likeness (QED) is 0.642. The van der Waals surface area contributed by atoms with Crippen LogP contribution in [0.15, 0.2) is 48.5 Å². The van der Waals surface area contributed by atoms with E-state index >= 15 is 0 Å². The second-order valence-electron chi connectivity index (χ2n) is 6.28. The first kappa shape index (κ1) is 20.8. The lowest BCUT2D eigenvalue weighted by molar-refractivity contribution is 0.0359. The second-order valence-corrected chi connectivity index (χ2v) is 6.28. The summed E-state index contributed by atoms with van der Waals surface area (Å²) in [5.41, 5.74) is 1.59. The highest BCUT2D eigenvalue weighted by atomic mass is 16.5. The molecule has 1 N–H and O–H groups in total. The third-order valence-corrected chi connectivity index (χ3v) is 4.55. The highest BCUT2D eigenvalue weighted by Crippen LogP contribution is 2.27. The van der Waals surface area contributed by atoms with Crippen LogP contribution in [0, 0.1) is 0 Å². The molecular formula is C22H29NO4. The number of nitrogens with zero attached hydrogens (tertiary/aromatic N) is 1. The monoisotopic (exact) mass is 371 g/mol. The Hall–Kier alpha value is -2.53. The number of ether oxygens (including phenoxy) is 2. The number of hydrogen-bond acceptors (Lipinski definition) is 5. The van der Waals surface area contributed by atoms with Gasteiger partial charge in [0, 0.05) is 6.04 Å². The van der Waals surface area contributed by atoms with Gasteiger partial charge in [0.25, 0.3) is 0 Å². The Balaban J connectivity index is 2.07. The standard InChI is InChI=1S/C22H29NO4/c1-4-23(5-2)19(14-17-10-8-7-9-11-17)16-27-22(25)18-12-13-20(24)21(15-18)26-6-3/h7-13,15,19,24H,4-6,14,16H2,1-3H3/t19-/m0/s1. The minimum atomic E-state index is -0.416. The fourth-order valence-corrected chi connectivity index (χ4v) is 3.09. The van der Waals surface area contributed by atoms with Gasteiger partial charge in [-0.05, 0) is 50.2 Å². The molecular weight excluding hydrogens is 342 g/mol. The van der Waals surface area contributed by atoms with Gasteiger partial charge >= 0.3 is 5.97 Å². The molecule has 0 aliphatic heterocycles. The number of hydrogen-bond donors (Lipinski definition) is 1. The number of benzene rings is 2. The number of aromatic hydroxyl groups is 1. The van der Waals surface area contributed by atoms with E-state index in [9.17, 15) is 9.90 Å². The van der Waals surface area contributed by atoms with E-state index in [-0.39, 0.29) is 17.5 Å². The van der Waals surface area contributed by atoms with Crippen LogP contribution in [0.1, 0.15) is 36.7 Å². The summed E-state index contributed by atoms with van der Waals surface area (Å²) in [6, 6.07) is 14.8. The molecule has 5 nitrogen and oxygen atoms in total. The fraction of sp³-hybridized carbons (Fsp3) is 0.409. The highest BCUT2D eigenvalue weighted by Gasteiger charge is 2.20. The maximum Gasteiger partial charge on any atom is 0.338 e. The first-order valence-electron chi connectivity index (χ1n) is 9.49. The lowest BCUT2D eigenvalue weighted by atomic mass is 10.1. The van der Waals surface area contributed by atoms with Crippen LogP contribution in [0.4, 0.5) is 0 Å². The average Bonchev–Trinajstić information content (AvgIpc) is 2.69. The summed E-state index contributed by atoms with van der Waals surface area (Å²) in [7, 11) is 0. The Morgan fingerprint density at radius 1 is 1.07 bits per heavy atom. The van der Waals surface area contributed by atoms with Crippen molar-refractivity contribution in [2.75, 3.05) is 26.3 Å². The molecule has 0 fully saturated rings. The van der Waals surface area contributed by atoms with Crippen LogP contribution >= 0.6 is 0 Å². The summed E-state index contributed by atoms with van der Waals surface area (Å²) in [5.74, 6) is -0.115. The van der Waals surface area contributed by atoms with E-state index in [0.29, 0.717) is 18.8 Å². The zero-order valence-corrected chi connectivity index (χ0v) is 16.4. The topological polar surface area (TPSA) is 59.0 Å².